The molecule has 1 aromatic carbocycles. The number of nitrogens with zero attached hydrogens (tertiary/aromatic N) is 2. The summed E-state index contributed by atoms with van der Waals surface area (Å²) in [7, 11) is 0. The standard InChI is InChI=1S/C22H26N2O3.ClH/c25-21(10-6-2-5-9-17-7-3-1-4-8-17)24-13-11-18-15-19(27-20(18)16-24)22-23-12-14-26-22;/h1,3-4,7-8,15H,2,5-6,9-14,16H2;1H. The number of rotatable bonds is 7. The molecule has 28 heavy (non-hydrogen) atoms. The van der Waals surface area contributed by atoms with Crippen LogP contribution in [-0.4, -0.2) is 36.4 Å². The first-order valence-electron chi connectivity index (χ1n) is 9.90. The van der Waals surface area contributed by atoms with E-state index in [1.807, 2.05) is 17.0 Å². The second kappa shape index (κ2) is 9.78. The number of aryl methyl sites for hydroxylation is 1. The van der Waals surface area contributed by atoms with Gasteiger partial charge in [0.05, 0.1) is 13.1 Å². The molecule has 5 nitrogen and oxygen atoms in total. The Labute approximate surface area is 172 Å². The van der Waals surface area contributed by atoms with Crippen LogP contribution in [0.1, 0.15) is 48.3 Å². The van der Waals surface area contributed by atoms with Gasteiger partial charge < -0.3 is 14.1 Å². The van der Waals surface area contributed by atoms with E-state index in [0.29, 0.717) is 37.8 Å². The number of furan rings is 1. The number of amides is 1. The van der Waals surface area contributed by atoms with Gasteiger partial charge in [-0.2, -0.15) is 0 Å². The van der Waals surface area contributed by atoms with Gasteiger partial charge in [-0.05, 0) is 42.9 Å². The van der Waals surface area contributed by atoms with E-state index in [1.165, 1.54) is 11.1 Å². The van der Waals surface area contributed by atoms with Crippen LogP contribution in [0, 0.1) is 0 Å². The highest BCUT2D eigenvalue weighted by Crippen LogP contribution is 2.25. The summed E-state index contributed by atoms with van der Waals surface area (Å²) in [6, 6.07) is 12.5. The molecule has 0 radical (unpaired) electrons. The topological polar surface area (TPSA) is 55.0 Å². The summed E-state index contributed by atoms with van der Waals surface area (Å²) < 4.78 is 11.4. The molecule has 1 amide bonds. The highest BCUT2D eigenvalue weighted by atomic mass is 35.5. The molecular formula is C22H27ClN2O3. The molecule has 2 aliphatic heterocycles. The van der Waals surface area contributed by atoms with Crippen molar-refractivity contribution in [1.29, 1.82) is 0 Å². The molecule has 0 saturated heterocycles. The average molecular weight is 403 g/mol. The van der Waals surface area contributed by atoms with Gasteiger partial charge in [0.25, 0.3) is 5.90 Å². The minimum Gasteiger partial charge on any atom is -0.473 e. The van der Waals surface area contributed by atoms with E-state index in [2.05, 4.69) is 29.3 Å². The van der Waals surface area contributed by atoms with Crippen molar-refractivity contribution in [2.24, 2.45) is 4.99 Å². The van der Waals surface area contributed by atoms with Crippen LogP contribution in [-0.2, 0) is 28.9 Å². The number of benzene rings is 1. The Balaban J connectivity index is 0.00000225. The molecule has 0 spiro atoms. The molecule has 0 saturated carbocycles. The third-order valence-corrected chi connectivity index (χ3v) is 5.23. The van der Waals surface area contributed by atoms with Crippen molar-refractivity contribution < 1.29 is 13.9 Å². The lowest BCUT2D eigenvalue weighted by molar-refractivity contribution is -0.132. The number of hydrogen-bond acceptors (Lipinski definition) is 4. The van der Waals surface area contributed by atoms with Crippen LogP contribution in [0.5, 0.6) is 0 Å². The lowest BCUT2D eigenvalue weighted by Gasteiger charge is -2.26. The Kier molecular flexibility index (Phi) is 7.15. The van der Waals surface area contributed by atoms with E-state index < -0.39 is 0 Å². The molecule has 6 heteroatoms. The highest BCUT2D eigenvalue weighted by Gasteiger charge is 2.26. The van der Waals surface area contributed by atoms with Crippen molar-refractivity contribution in [2.45, 2.75) is 45.1 Å². The molecular weight excluding hydrogens is 376 g/mol. The summed E-state index contributed by atoms with van der Waals surface area (Å²) >= 11 is 0. The third kappa shape index (κ3) is 4.96. The summed E-state index contributed by atoms with van der Waals surface area (Å²) in [5, 5.41) is 0. The number of carbonyl (C=O) groups is 1. The zero-order chi connectivity index (χ0) is 18.5. The zero-order valence-electron chi connectivity index (χ0n) is 16.1. The molecule has 0 N–H and O–H groups in total. The van der Waals surface area contributed by atoms with Gasteiger partial charge in [0.2, 0.25) is 5.91 Å². The quantitative estimate of drug-likeness (QED) is 0.653. The maximum atomic E-state index is 12.5. The van der Waals surface area contributed by atoms with Crippen molar-refractivity contribution >= 4 is 24.2 Å². The summed E-state index contributed by atoms with van der Waals surface area (Å²) in [6.07, 6.45) is 5.71. The van der Waals surface area contributed by atoms with Crippen LogP contribution in [0.4, 0.5) is 0 Å². The first-order valence-corrected chi connectivity index (χ1v) is 9.90. The molecule has 2 aromatic rings. The molecule has 0 aliphatic carbocycles. The Morgan fingerprint density at radius 3 is 2.79 bits per heavy atom. The van der Waals surface area contributed by atoms with Gasteiger partial charge >= 0.3 is 0 Å². The Morgan fingerprint density at radius 2 is 2.00 bits per heavy atom. The molecule has 0 fully saturated rings. The number of fused-ring (bicyclic) bond motifs is 1. The SMILES string of the molecule is Cl.O=C(CCCCCc1ccccc1)N1CCc2cc(C3=NCCO3)oc2C1. The molecule has 150 valence electrons. The van der Waals surface area contributed by atoms with Crippen LogP contribution >= 0.6 is 12.4 Å². The number of hydrogen-bond donors (Lipinski definition) is 0. The molecule has 4 rings (SSSR count). The summed E-state index contributed by atoms with van der Waals surface area (Å²) in [5.41, 5.74) is 2.55. The van der Waals surface area contributed by atoms with Gasteiger partial charge in [0, 0.05) is 13.0 Å². The maximum Gasteiger partial charge on any atom is 0.253 e. The van der Waals surface area contributed by atoms with Crippen LogP contribution in [0.25, 0.3) is 0 Å². The van der Waals surface area contributed by atoms with Crippen LogP contribution in [0.3, 0.4) is 0 Å². The normalized spacial score (nSPS) is 15.4. The number of ether oxygens (including phenoxy) is 1. The van der Waals surface area contributed by atoms with E-state index in [9.17, 15) is 4.79 Å². The van der Waals surface area contributed by atoms with Crippen LogP contribution in [0.2, 0.25) is 0 Å². The predicted octanol–water partition coefficient (Wildman–Crippen LogP) is 4.17. The minimum absolute atomic E-state index is 0. The fourth-order valence-corrected chi connectivity index (χ4v) is 3.71. The van der Waals surface area contributed by atoms with Gasteiger partial charge in [-0.15, -0.1) is 12.4 Å². The van der Waals surface area contributed by atoms with E-state index in [1.54, 1.807) is 0 Å². The van der Waals surface area contributed by atoms with Crippen molar-refractivity contribution in [3.05, 3.63) is 59.0 Å². The third-order valence-electron chi connectivity index (χ3n) is 5.23. The largest absolute Gasteiger partial charge is 0.473 e. The summed E-state index contributed by atoms with van der Waals surface area (Å²) in [4.78, 5) is 18.8. The maximum absolute atomic E-state index is 12.5. The lowest BCUT2D eigenvalue weighted by Crippen LogP contribution is -2.35. The first kappa shape index (κ1) is 20.5. The van der Waals surface area contributed by atoms with Crippen LogP contribution < -0.4 is 0 Å². The van der Waals surface area contributed by atoms with Crippen molar-refractivity contribution in [3.63, 3.8) is 0 Å². The summed E-state index contributed by atoms with van der Waals surface area (Å²) in [6.45, 7) is 2.64. The Hall–Kier alpha value is -2.27. The molecule has 3 heterocycles. The summed E-state index contributed by atoms with van der Waals surface area (Å²) in [5.74, 6) is 2.41. The number of unbranched alkanes of at least 4 members (excludes halogenated alkanes) is 2. The van der Waals surface area contributed by atoms with Gasteiger partial charge in [-0.3, -0.25) is 4.79 Å². The van der Waals surface area contributed by atoms with Crippen molar-refractivity contribution in [2.75, 3.05) is 19.7 Å². The average Bonchev–Trinajstić information content (AvgIpc) is 3.37. The van der Waals surface area contributed by atoms with E-state index in [0.717, 1.165) is 44.4 Å². The Morgan fingerprint density at radius 1 is 1.14 bits per heavy atom. The van der Waals surface area contributed by atoms with Crippen LogP contribution in [0.15, 0.2) is 45.8 Å². The van der Waals surface area contributed by atoms with Gasteiger partial charge in [0.15, 0.2) is 5.76 Å². The fraction of sp³-hybridized carbons (Fsp3) is 0.455. The molecule has 2 aliphatic rings. The zero-order valence-corrected chi connectivity index (χ0v) is 16.9. The van der Waals surface area contributed by atoms with Gasteiger partial charge in [-0.1, -0.05) is 36.8 Å². The molecule has 1 aromatic heterocycles. The first-order chi connectivity index (χ1) is 13.3. The van der Waals surface area contributed by atoms with Crippen molar-refractivity contribution in [1.82, 2.24) is 4.90 Å². The van der Waals surface area contributed by atoms with E-state index in [4.69, 9.17) is 9.15 Å². The second-order valence-corrected chi connectivity index (χ2v) is 7.21. The van der Waals surface area contributed by atoms with Crippen molar-refractivity contribution in [3.8, 4) is 0 Å². The molecule has 0 unspecified atom stereocenters. The Bertz CT molecular complexity index is 816. The number of aliphatic imine (C=N–C) groups is 1. The van der Waals surface area contributed by atoms with E-state index >= 15 is 0 Å². The monoisotopic (exact) mass is 402 g/mol. The lowest BCUT2D eigenvalue weighted by atomic mass is 10.0. The molecule has 0 bridgehead atoms. The number of carbonyl (C=O) groups excluding carboxylic acids is 1. The second-order valence-electron chi connectivity index (χ2n) is 7.21. The minimum atomic E-state index is 0. The predicted molar refractivity (Wildman–Crippen MR) is 111 cm³/mol. The highest BCUT2D eigenvalue weighted by molar-refractivity contribution is 5.92. The number of halogens is 1. The van der Waals surface area contributed by atoms with Gasteiger partial charge in [-0.25, -0.2) is 4.99 Å². The van der Waals surface area contributed by atoms with Gasteiger partial charge in [0.1, 0.15) is 12.4 Å². The smallest absolute Gasteiger partial charge is 0.253 e. The van der Waals surface area contributed by atoms with E-state index in [-0.39, 0.29) is 18.3 Å². The fourth-order valence-electron chi connectivity index (χ4n) is 3.71. The molecule has 0 atom stereocenters.